The molecule has 9 nitrogen and oxygen atoms in total. The van der Waals surface area contributed by atoms with Crippen molar-refractivity contribution in [2.75, 3.05) is 0 Å². The molecule has 1 saturated carbocycles. The summed E-state index contributed by atoms with van der Waals surface area (Å²) in [5.74, 6) is -1.67. The second-order valence-electron chi connectivity index (χ2n) is 6.72. The molecule has 1 saturated heterocycles. The third kappa shape index (κ3) is 3.01. The van der Waals surface area contributed by atoms with Gasteiger partial charge in [-0.15, -0.1) is 0 Å². The highest BCUT2D eigenvalue weighted by Crippen LogP contribution is 2.42. The van der Waals surface area contributed by atoms with Crippen LogP contribution in [0.1, 0.15) is 33.6 Å². The highest BCUT2D eigenvalue weighted by atomic mass is 16.6. The Kier molecular flexibility index (Phi) is 4.95. The lowest BCUT2D eigenvalue weighted by atomic mass is 9.83. The fraction of sp³-hybridized carbons (Fsp3) is 0.733. The lowest BCUT2D eigenvalue weighted by Gasteiger charge is -2.34. The Balaban J connectivity index is 2.34. The van der Waals surface area contributed by atoms with Crippen LogP contribution in [0, 0.1) is 5.92 Å². The monoisotopic (exact) mass is 339 g/mol. The van der Waals surface area contributed by atoms with Crippen LogP contribution >= 0.6 is 0 Å². The Morgan fingerprint density at radius 3 is 2.25 bits per heavy atom. The van der Waals surface area contributed by atoms with Crippen LogP contribution in [0.2, 0.25) is 0 Å². The highest BCUT2D eigenvalue weighted by molar-refractivity contribution is 6.26. The Bertz CT molecular complexity index is 564. The minimum atomic E-state index is -1.81. The summed E-state index contributed by atoms with van der Waals surface area (Å²) in [6.45, 7) is 5.57. The molecule has 2 aliphatic rings. The number of aliphatic imine (C=N–C) groups is 1. The van der Waals surface area contributed by atoms with Crippen molar-refractivity contribution in [3.8, 4) is 0 Å². The molecule has 7 N–H and O–H groups in total. The zero-order valence-corrected chi connectivity index (χ0v) is 14.1. The molecule has 9 heteroatoms. The normalized spacial score (nSPS) is 30.7. The third-order valence-corrected chi connectivity index (χ3v) is 4.36. The first kappa shape index (κ1) is 18.3. The van der Waals surface area contributed by atoms with Crippen molar-refractivity contribution in [3.05, 3.63) is 0 Å². The molecule has 0 aromatic heterocycles. The van der Waals surface area contributed by atoms with Crippen molar-refractivity contribution in [1.82, 2.24) is 5.32 Å². The van der Waals surface area contributed by atoms with Gasteiger partial charge in [-0.25, -0.2) is 4.99 Å². The van der Waals surface area contributed by atoms with E-state index in [4.69, 9.17) is 21.9 Å². The van der Waals surface area contributed by atoms with Gasteiger partial charge in [-0.05, 0) is 18.8 Å². The SMILES string of the molecule is CCC(N=C(N)N)C1(NC(=O)[C@@H](N)CC(C)C)C(=O)C2OC2C1=O. The number of carbonyl (C=O) groups is 3. The molecule has 134 valence electrons. The van der Waals surface area contributed by atoms with Crippen LogP contribution in [-0.4, -0.2) is 53.3 Å². The van der Waals surface area contributed by atoms with Crippen LogP contribution in [-0.2, 0) is 19.1 Å². The Labute approximate surface area is 140 Å². The first-order valence-corrected chi connectivity index (χ1v) is 8.05. The van der Waals surface area contributed by atoms with E-state index in [1.54, 1.807) is 6.92 Å². The van der Waals surface area contributed by atoms with Gasteiger partial charge in [0.25, 0.3) is 0 Å². The molecule has 0 aromatic carbocycles. The van der Waals surface area contributed by atoms with Crippen LogP contribution in [0.3, 0.4) is 0 Å². The molecule has 4 atom stereocenters. The number of Topliss-reactive ketones (excluding diaryl/α,β-unsaturated/α-hetero) is 2. The van der Waals surface area contributed by atoms with Crippen molar-refractivity contribution in [3.63, 3.8) is 0 Å². The van der Waals surface area contributed by atoms with E-state index in [0.29, 0.717) is 6.42 Å². The number of hydrogen-bond donors (Lipinski definition) is 4. The fourth-order valence-electron chi connectivity index (χ4n) is 3.19. The molecular weight excluding hydrogens is 314 g/mol. The van der Waals surface area contributed by atoms with E-state index in [0.717, 1.165) is 0 Å². The summed E-state index contributed by atoms with van der Waals surface area (Å²) in [7, 11) is 0. The van der Waals surface area contributed by atoms with E-state index in [-0.39, 0.29) is 18.3 Å². The molecule has 3 unspecified atom stereocenters. The van der Waals surface area contributed by atoms with Crippen LogP contribution < -0.4 is 22.5 Å². The Morgan fingerprint density at radius 1 is 1.29 bits per heavy atom. The van der Waals surface area contributed by atoms with Gasteiger partial charge in [0.2, 0.25) is 5.91 Å². The number of carbonyl (C=O) groups excluding carboxylic acids is 3. The van der Waals surface area contributed by atoms with E-state index >= 15 is 0 Å². The molecular formula is C15H25N5O4. The number of rotatable bonds is 7. The smallest absolute Gasteiger partial charge is 0.238 e. The van der Waals surface area contributed by atoms with Crippen LogP contribution in [0.5, 0.6) is 0 Å². The summed E-state index contributed by atoms with van der Waals surface area (Å²) in [6, 6.07) is -1.73. The van der Waals surface area contributed by atoms with Crippen LogP contribution in [0.25, 0.3) is 0 Å². The number of epoxide rings is 1. The van der Waals surface area contributed by atoms with Gasteiger partial charge in [0.05, 0.1) is 12.1 Å². The molecule has 0 bridgehead atoms. The van der Waals surface area contributed by atoms with Crippen molar-refractivity contribution >= 4 is 23.4 Å². The molecule has 0 spiro atoms. The molecule has 2 fully saturated rings. The summed E-state index contributed by atoms with van der Waals surface area (Å²) in [5.41, 5.74) is 14.9. The maximum absolute atomic E-state index is 12.7. The van der Waals surface area contributed by atoms with E-state index in [1.807, 2.05) is 13.8 Å². The number of guanidine groups is 1. The van der Waals surface area contributed by atoms with Gasteiger partial charge in [-0.2, -0.15) is 0 Å². The average Bonchev–Trinajstić information content (AvgIpc) is 3.24. The average molecular weight is 339 g/mol. The van der Waals surface area contributed by atoms with Crippen molar-refractivity contribution < 1.29 is 19.1 Å². The van der Waals surface area contributed by atoms with Gasteiger partial charge in [0.1, 0.15) is 0 Å². The lowest BCUT2D eigenvalue weighted by Crippen LogP contribution is -2.67. The number of hydrogen-bond acceptors (Lipinski definition) is 6. The Hall–Kier alpha value is -2.00. The largest absolute Gasteiger partial charge is 0.370 e. The summed E-state index contributed by atoms with van der Waals surface area (Å²) in [5, 5.41) is 2.55. The predicted octanol–water partition coefficient (Wildman–Crippen LogP) is -1.81. The maximum Gasteiger partial charge on any atom is 0.238 e. The second kappa shape index (κ2) is 6.48. The lowest BCUT2D eigenvalue weighted by molar-refractivity contribution is -0.142. The van der Waals surface area contributed by atoms with Gasteiger partial charge in [0.15, 0.2) is 35.3 Å². The summed E-state index contributed by atoms with van der Waals surface area (Å²) < 4.78 is 5.05. The molecule has 24 heavy (non-hydrogen) atoms. The molecule has 1 aliphatic heterocycles. The first-order valence-electron chi connectivity index (χ1n) is 8.05. The van der Waals surface area contributed by atoms with E-state index in [2.05, 4.69) is 10.3 Å². The number of fused-ring (bicyclic) bond motifs is 1. The van der Waals surface area contributed by atoms with Crippen molar-refractivity contribution in [1.29, 1.82) is 0 Å². The highest BCUT2D eigenvalue weighted by Gasteiger charge is 2.73. The quantitative estimate of drug-likeness (QED) is 0.183. The van der Waals surface area contributed by atoms with Gasteiger partial charge in [0, 0.05) is 0 Å². The maximum atomic E-state index is 12.7. The minimum absolute atomic E-state index is 0.188. The number of nitrogens with two attached hydrogens (primary N) is 3. The predicted molar refractivity (Wildman–Crippen MR) is 86.9 cm³/mol. The molecule has 0 aromatic rings. The molecule has 1 amide bonds. The standard InChI is InChI=1S/C15H25N5O4/c1-4-8(19-14(17)18)15(11(21)9-10(24-9)12(15)22)20-13(23)7(16)5-6(2)3/h6-10H,4-5,16H2,1-3H3,(H,20,23)(H4,17,18,19)/t7-,8?,9?,10?,15?/m0/s1. The van der Waals surface area contributed by atoms with Crippen LogP contribution in [0.15, 0.2) is 4.99 Å². The van der Waals surface area contributed by atoms with Gasteiger partial charge < -0.3 is 27.3 Å². The zero-order valence-electron chi connectivity index (χ0n) is 14.1. The van der Waals surface area contributed by atoms with E-state index in [1.165, 1.54) is 0 Å². The molecule has 1 aliphatic carbocycles. The third-order valence-electron chi connectivity index (χ3n) is 4.36. The van der Waals surface area contributed by atoms with Gasteiger partial charge >= 0.3 is 0 Å². The summed E-state index contributed by atoms with van der Waals surface area (Å²) >= 11 is 0. The molecule has 0 radical (unpaired) electrons. The number of nitrogens with one attached hydrogen (secondary N) is 1. The van der Waals surface area contributed by atoms with E-state index in [9.17, 15) is 14.4 Å². The topological polar surface area (TPSA) is 166 Å². The van der Waals surface area contributed by atoms with Crippen molar-refractivity contribution in [2.45, 2.75) is 63.4 Å². The van der Waals surface area contributed by atoms with Crippen LogP contribution in [0.4, 0.5) is 0 Å². The first-order chi connectivity index (χ1) is 11.1. The zero-order chi connectivity index (χ0) is 18.2. The van der Waals surface area contributed by atoms with Gasteiger partial charge in [-0.3, -0.25) is 14.4 Å². The Morgan fingerprint density at radius 2 is 1.83 bits per heavy atom. The van der Waals surface area contributed by atoms with Crippen molar-refractivity contribution in [2.24, 2.45) is 28.1 Å². The summed E-state index contributed by atoms with van der Waals surface area (Å²) in [6.07, 6.45) is -0.953. The van der Waals surface area contributed by atoms with E-state index < -0.39 is 47.3 Å². The second-order valence-corrected chi connectivity index (χ2v) is 6.72. The molecule has 1 heterocycles. The molecule has 2 rings (SSSR count). The minimum Gasteiger partial charge on any atom is -0.370 e. The summed E-state index contributed by atoms with van der Waals surface area (Å²) in [4.78, 5) is 41.8. The number of nitrogens with zero attached hydrogens (tertiary/aromatic N) is 1. The number of amides is 1. The van der Waals surface area contributed by atoms with Gasteiger partial charge in [-0.1, -0.05) is 20.8 Å². The number of ketones is 2. The number of ether oxygens (including phenoxy) is 1. The fourth-order valence-corrected chi connectivity index (χ4v) is 3.19.